The molecule has 1 heteroatoms. The van der Waals surface area contributed by atoms with Gasteiger partial charge in [0.15, 0.2) is 0 Å². The summed E-state index contributed by atoms with van der Waals surface area (Å²) in [4.78, 5) is 0. The van der Waals surface area contributed by atoms with Crippen LogP contribution in [0.3, 0.4) is 0 Å². The van der Waals surface area contributed by atoms with E-state index in [4.69, 9.17) is 5.73 Å². The van der Waals surface area contributed by atoms with Crippen LogP contribution in [0.2, 0.25) is 0 Å². The number of anilines is 1. The van der Waals surface area contributed by atoms with Gasteiger partial charge in [0.05, 0.1) is 0 Å². The van der Waals surface area contributed by atoms with Crippen molar-refractivity contribution < 1.29 is 0 Å². The summed E-state index contributed by atoms with van der Waals surface area (Å²) in [6.45, 7) is 2.00. The lowest BCUT2D eigenvalue weighted by Gasteiger charge is -2.08. The van der Waals surface area contributed by atoms with Crippen molar-refractivity contribution in [1.29, 1.82) is 0 Å². The average molecular weight is 209 g/mol. The molecule has 0 aromatic heterocycles. The van der Waals surface area contributed by atoms with E-state index in [0.29, 0.717) is 0 Å². The highest BCUT2D eigenvalue weighted by Gasteiger charge is 2.04. The predicted molar refractivity (Wildman–Crippen MR) is 71.0 cm³/mol. The minimum atomic E-state index is 0.819. The smallest absolute Gasteiger partial charge is 0.0393 e. The third kappa shape index (κ3) is 1.98. The fourth-order valence-corrected chi connectivity index (χ4v) is 1.81. The molecule has 2 aromatic rings. The second-order valence-electron chi connectivity index (χ2n) is 3.67. The van der Waals surface area contributed by atoms with Crippen LogP contribution in [0.5, 0.6) is 0 Å². The van der Waals surface area contributed by atoms with Crippen molar-refractivity contribution in [3.63, 3.8) is 0 Å². The van der Waals surface area contributed by atoms with Gasteiger partial charge in [-0.15, -0.1) is 0 Å². The Morgan fingerprint density at radius 3 is 2.38 bits per heavy atom. The minimum Gasteiger partial charge on any atom is -0.398 e. The molecular formula is C15H15N. The van der Waals surface area contributed by atoms with E-state index in [1.54, 1.807) is 0 Å². The number of benzene rings is 2. The summed E-state index contributed by atoms with van der Waals surface area (Å²) in [6.07, 6.45) is 4.07. The molecule has 0 bridgehead atoms. The predicted octanol–water partition coefficient (Wildman–Crippen LogP) is 3.97. The molecule has 2 aromatic carbocycles. The zero-order chi connectivity index (χ0) is 11.4. The maximum atomic E-state index is 5.99. The van der Waals surface area contributed by atoms with E-state index in [-0.39, 0.29) is 0 Å². The lowest BCUT2D eigenvalue weighted by atomic mass is 9.98. The minimum absolute atomic E-state index is 0.819. The van der Waals surface area contributed by atoms with E-state index in [9.17, 15) is 0 Å². The number of hydrogen-bond acceptors (Lipinski definition) is 1. The highest BCUT2D eigenvalue weighted by atomic mass is 14.6. The molecular weight excluding hydrogens is 194 g/mol. The number of allylic oxidation sites excluding steroid dienone is 1. The Kier molecular flexibility index (Phi) is 3.06. The second-order valence-corrected chi connectivity index (χ2v) is 3.67. The molecule has 0 spiro atoms. The summed E-state index contributed by atoms with van der Waals surface area (Å²) in [5.74, 6) is 0. The fraction of sp³-hybridized carbons (Fsp3) is 0.0667. The number of nitrogens with two attached hydrogens (primary N) is 1. The molecule has 0 fully saturated rings. The van der Waals surface area contributed by atoms with E-state index >= 15 is 0 Å². The van der Waals surface area contributed by atoms with Crippen LogP contribution in [0.25, 0.3) is 17.2 Å². The first-order valence-electron chi connectivity index (χ1n) is 5.39. The van der Waals surface area contributed by atoms with Gasteiger partial charge in [-0.1, -0.05) is 54.6 Å². The van der Waals surface area contributed by atoms with Crippen LogP contribution < -0.4 is 5.73 Å². The SMILES string of the molecule is C/C=C\c1c(N)cccc1-c1ccccc1. The Balaban J connectivity index is 2.61. The first-order chi connectivity index (χ1) is 7.83. The Labute approximate surface area is 96.2 Å². The van der Waals surface area contributed by atoms with Crippen LogP contribution in [0.4, 0.5) is 5.69 Å². The molecule has 0 aliphatic carbocycles. The molecule has 0 saturated carbocycles. The Morgan fingerprint density at radius 1 is 0.938 bits per heavy atom. The maximum absolute atomic E-state index is 5.99. The van der Waals surface area contributed by atoms with Crippen molar-refractivity contribution in [1.82, 2.24) is 0 Å². The summed E-state index contributed by atoms with van der Waals surface area (Å²) in [6, 6.07) is 16.3. The monoisotopic (exact) mass is 209 g/mol. The van der Waals surface area contributed by atoms with Crippen LogP contribution >= 0.6 is 0 Å². The molecule has 0 aliphatic rings. The van der Waals surface area contributed by atoms with Crippen LogP contribution in [-0.2, 0) is 0 Å². The molecule has 0 heterocycles. The van der Waals surface area contributed by atoms with Crippen LogP contribution in [0, 0.1) is 0 Å². The fourth-order valence-electron chi connectivity index (χ4n) is 1.81. The Morgan fingerprint density at radius 2 is 1.69 bits per heavy atom. The zero-order valence-electron chi connectivity index (χ0n) is 9.35. The summed E-state index contributed by atoms with van der Waals surface area (Å²) >= 11 is 0. The number of nitrogen functional groups attached to an aromatic ring is 1. The van der Waals surface area contributed by atoms with Gasteiger partial charge in [0.2, 0.25) is 0 Å². The molecule has 0 saturated heterocycles. The standard InChI is InChI=1S/C15H15N/c1-2-7-14-13(10-6-11-15(14)16)12-8-4-3-5-9-12/h2-11H,16H2,1H3/b7-2-. The van der Waals surface area contributed by atoms with Crippen LogP contribution in [-0.4, -0.2) is 0 Å². The molecule has 80 valence electrons. The molecule has 0 unspecified atom stereocenters. The van der Waals surface area contributed by atoms with Gasteiger partial charge in [0, 0.05) is 11.3 Å². The van der Waals surface area contributed by atoms with E-state index in [0.717, 1.165) is 11.3 Å². The van der Waals surface area contributed by atoms with Gasteiger partial charge in [-0.2, -0.15) is 0 Å². The van der Waals surface area contributed by atoms with E-state index in [1.165, 1.54) is 11.1 Å². The van der Waals surface area contributed by atoms with Crippen LogP contribution in [0.15, 0.2) is 54.6 Å². The molecule has 16 heavy (non-hydrogen) atoms. The molecule has 2 N–H and O–H groups in total. The van der Waals surface area contributed by atoms with Gasteiger partial charge < -0.3 is 5.73 Å². The van der Waals surface area contributed by atoms with E-state index < -0.39 is 0 Å². The van der Waals surface area contributed by atoms with Crippen molar-refractivity contribution in [2.75, 3.05) is 5.73 Å². The van der Waals surface area contributed by atoms with Gasteiger partial charge >= 0.3 is 0 Å². The van der Waals surface area contributed by atoms with E-state index in [2.05, 4.69) is 24.3 Å². The van der Waals surface area contributed by atoms with Crippen molar-refractivity contribution >= 4 is 11.8 Å². The van der Waals surface area contributed by atoms with Gasteiger partial charge in [0.25, 0.3) is 0 Å². The maximum Gasteiger partial charge on any atom is 0.0393 e. The quantitative estimate of drug-likeness (QED) is 0.744. The van der Waals surface area contributed by atoms with Gasteiger partial charge in [-0.3, -0.25) is 0 Å². The highest BCUT2D eigenvalue weighted by Crippen LogP contribution is 2.28. The van der Waals surface area contributed by atoms with Crippen molar-refractivity contribution in [3.8, 4) is 11.1 Å². The molecule has 0 atom stereocenters. The Bertz CT molecular complexity index is 498. The molecule has 0 aliphatic heterocycles. The number of rotatable bonds is 2. The van der Waals surface area contributed by atoms with Crippen molar-refractivity contribution in [2.45, 2.75) is 6.92 Å². The molecule has 2 rings (SSSR count). The lowest BCUT2D eigenvalue weighted by Crippen LogP contribution is -1.92. The Hall–Kier alpha value is -2.02. The van der Waals surface area contributed by atoms with Crippen molar-refractivity contribution in [2.24, 2.45) is 0 Å². The number of hydrogen-bond donors (Lipinski definition) is 1. The van der Waals surface area contributed by atoms with Gasteiger partial charge in [0.1, 0.15) is 0 Å². The third-order valence-corrected chi connectivity index (χ3v) is 2.56. The highest BCUT2D eigenvalue weighted by molar-refractivity contribution is 5.81. The second kappa shape index (κ2) is 4.67. The summed E-state index contributed by atoms with van der Waals surface area (Å²) < 4.78 is 0. The third-order valence-electron chi connectivity index (χ3n) is 2.56. The normalized spacial score (nSPS) is 10.8. The summed E-state index contributed by atoms with van der Waals surface area (Å²) in [5.41, 5.74) is 10.3. The lowest BCUT2D eigenvalue weighted by molar-refractivity contribution is 1.58. The van der Waals surface area contributed by atoms with E-state index in [1.807, 2.05) is 43.3 Å². The van der Waals surface area contributed by atoms with Crippen LogP contribution in [0.1, 0.15) is 12.5 Å². The van der Waals surface area contributed by atoms with Gasteiger partial charge in [-0.25, -0.2) is 0 Å². The zero-order valence-corrected chi connectivity index (χ0v) is 9.35. The molecule has 0 radical (unpaired) electrons. The largest absolute Gasteiger partial charge is 0.398 e. The summed E-state index contributed by atoms with van der Waals surface area (Å²) in [5, 5.41) is 0. The average Bonchev–Trinajstić information content (AvgIpc) is 2.33. The first kappa shape index (κ1) is 10.5. The molecule has 0 amide bonds. The van der Waals surface area contributed by atoms with Crippen molar-refractivity contribution in [3.05, 3.63) is 60.2 Å². The van der Waals surface area contributed by atoms with Gasteiger partial charge in [-0.05, 0) is 24.1 Å². The summed E-state index contributed by atoms with van der Waals surface area (Å²) in [7, 11) is 0. The first-order valence-corrected chi connectivity index (χ1v) is 5.39. The molecule has 1 nitrogen and oxygen atoms in total. The topological polar surface area (TPSA) is 26.0 Å².